The maximum Gasteiger partial charge on any atom is 0.322 e. The first-order chi connectivity index (χ1) is 9.15. The van der Waals surface area contributed by atoms with E-state index in [1.54, 1.807) is 11.9 Å². The second-order valence-electron chi connectivity index (χ2n) is 3.88. The van der Waals surface area contributed by atoms with Gasteiger partial charge in [-0.15, -0.1) is 0 Å². The topological polar surface area (TPSA) is 115 Å². The lowest BCUT2D eigenvalue weighted by molar-refractivity contribution is -0.124. The Morgan fingerprint density at radius 2 is 2.32 bits per heavy atom. The molecule has 2 rings (SSSR count). The summed E-state index contributed by atoms with van der Waals surface area (Å²) >= 11 is 0. The number of methoxy groups -OCH3 is 1. The van der Waals surface area contributed by atoms with Gasteiger partial charge in [-0.25, -0.2) is 0 Å². The van der Waals surface area contributed by atoms with Gasteiger partial charge < -0.3 is 25.4 Å². The molecule has 1 fully saturated rings. The van der Waals surface area contributed by atoms with Crippen LogP contribution in [0.15, 0.2) is 0 Å². The van der Waals surface area contributed by atoms with E-state index in [0.717, 1.165) is 0 Å². The minimum Gasteiger partial charge on any atom is -0.467 e. The number of nitrogens with zero attached hydrogens (tertiary/aromatic N) is 4. The summed E-state index contributed by atoms with van der Waals surface area (Å²) in [4.78, 5) is 25.5. The summed E-state index contributed by atoms with van der Waals surface area (Å²) in [5.74, 6) is 0.183. The Balaban J connectivity index is 2.31. The number of rotatable bonds is 3. The summed E-state index contributed by atoms with van der Waals surface area (Å²) in [7, 11) is 3.01. The molecule has 1 unspecified atom stereocenters. The summed E-state index contributed by atoms with van der Waals surface area (Å²) in [6.07, 6.45) is 0. The second kappa shape index (κ2) is 5.65. The predicted molar refractivity (Wildman–Crippen MR) is 66.8 cm³/mol. The zero-order chi connectivity index (χ0) is 13.8. The van der Waals surface area contributed by atoms with Crippen LogP contribution in [0.4, 0.5) is 11.9 Å². The normalized spacial score (nSPS) is 19.1. The van der Waals surface area contributed by atoms with Crippen LogP contribution in [0.1, 0.15) is 0 Å². The Kier molecular flexibility index (Phi) is 3.95. The van der Waals surface area contributed by atoms with Gasteiger partial charge in [-0.3, -0.25) is 4.79 Å². The van der Waals surface area contributed by atoms with Crippen molar-refractivity contribution in [3.8, 4) is 6.01 Å². The fourth-order valence-electron chi connectivity index (χ4n) is 1.81. The first kappa shape index (κ1) is 13.3. The minimum atomic E-state index is -0.495. The van der Waals surface area contributed by atoms with Gasteiger partial charge in [0.15, 0.2) is 0 Å². The molecule has 1 atom stereocenters. The second-order valence-corrected chi connectivity index (χ2v) is 3.88. The Hall–Kier alpha value is -2.16. The molecule has 0 radical (unpaired) electrons. The van der Waals surface area contributed by atoms with E-state index in [2.05, 4.69) is 20.3 Å². The Labute approximate surface area is 110 Å². The van der Waals surface area contributed by atoms with Crippen molar-refractivity contribution < 1.29 is 14.3 Å². The van der Waals surface area contributed by atoms with E-state index in [4.69, 9.17) is 15.2 Å². The smallest absolute Gasteiger partial charge is 0.322 e. The third-order valence-electron chi connectivity index (χ3n) is 2.74. The number of morpholine rings is 1. The average Bonchev–Trinajstić information content (AvgIpc) is 2.45. The van der Waals surface area contributed by atoms with Crippen LogP contribution in [-0.4, -0.2) is 60.8 Å². The van der Waals surface area contributed by atoms with Crippen LogP contribution in [-0.2, 0) is 9.53 Å². The van der Waals surface area contributed by atoms with Gasteiger partial charge in [-0.05, 0) is 0 Å². The van der Waals surface area contributed by atoms with Gasteiger partial charge in [0, 0.05) is 13.6 Å². The molecule has 3 N–H and O–H groups in total. The summed E-state index contributed by atoms with van der Waals surface area (Å²) in [5.41, 5.74) is 5.60. The first-order valence-corrected chi connectivity index (χ1v) is 5.77. The molecule has 1 amide bonds. The standard InChI is InChI=1S/C10H16N6O3/c1-12-7(17)6-5-19-4-3-16(6)9-13-8(11)14-10(15-9)18-2/h6H,3-5H2,1-2H3,(H,12,17)(H2,11,13,14,15). The highest BCUT2D eigenvalue weighted by Crippen LogP contribution is 2.18. The Bertz CT molecular complexity index is 469. The van der Waals surface area contributed by atoms with Crippen LogP contribution in [0.3, 0.4) is 0 Å². The molecular weight excluding hydrogens is 252 g/mol. The zero-order valence-electron chi connectivity index (χ0n) is 10.8. The molecule has 1 saturated heterocycles. The quantitative estimate of drug-likeness (QED) is 0.674. The molecule has 104 valence electrons. The lowest BCUT2D eigenvalue weighted by Gasteiger charge is -2.34. The van der Waals surface area contributed by atoms with Gasteiger partial charge >= 0.3 is 6.01 Å². The van der Waals surface area contributed by atoms with Crippen LogP contribution in [0.5, 0.6) is 6.01 Å². The van der Waals surface area contributed by atoms with Crippen LogP contribution >= 0.6 is 0 Å². The predicted octanol–water partition coefficient (Wildman–Crippen LogP) is -1.59. The van der Waals surface area contributed by atoms with E-state index < -0.39 is 6.04 Å². The summed E-state index contributed by atoms with van der Waals surface area (Å²) in [6, 6.07) is -0.380. The lowest BCUT2D eigenvalue weighted by Crippen LogP contribution is -2.54. The van der Waals surface area contributed by atoms with Gasteiger partial charge in [0.1, 0.15) is 6.04 Å². The van der Waals surface area contributed by atoms with Crippen molar-refractivity contribution in [2.45, 2.75) is 6.04 Å². The van der Waals surface area contributed by atoms with Crippen LogP contribution in [0.25, 0.3) is 0 Å². The number of aromatic nitrogens is 3. The third-order valence-corrected chi connectivity index (χ3v) is 2.74. The summed E-state index contributed by atoms with van der Waals surface area (Å²) in [6.45, 7) is 1.25. The summed E-state index contributed by atoms with van der Waals surface area (Å²) in [5, 5.41) is 2.58. The van der Waals surface area contributed by atoms with Crippen molar-refractivity contribution in [2.24, 2.45) is 0 Å². The average molecular weight is 268 g/mol. The minimum absolute atomic E-state index is 0.0454. The fourth-order valence-corrected chi connectivity index (χ4v) is 1.81. The molecule has 0 aliphatic carbocycles. The number of nitrogens with one attached hydrogen (secondary N) is 1. The molecule has 1 aliphatic rings. The first-order valence-electron chi connectivity index (χ1n) is 5.77. The Morgan fingerprint density at radius 1 is 1.53 bits per heavy atom. The van der Waals surface area contributed by atoms with Crippen LogP contribution in [0, 0.1) is 0 Å². The van der Waals surface area contributed by atoms with Gasteiger partial charge in [0.25, 0.3) is 0 Å². The number of amides is 1. The van der Waals surface area contributed by atoms with Crippen LogP contribution < -0.4 is 20.7 Å². The molecule has 9 heteroatoms. The molecule has 1 aromatic rings. The highest BCUT2D eigenvalue weighted by molar-refractivity contribution is 5.84. The SMILES string of the molecule is CNC(=O)C1COCCN1c1nc(N)nc(OC)n1. The van der Waals surface area contributed by atoms with E-state index in [1.807, 2.05) is 0 Å². The van der Waals surface area contributed by atoms with Crippen molar-refractivity contribution in [2.75, 3.05) is 44.5 Å². The number of nitrogens with two attached hydrogens (primary N) is 1. The van der Waals surface area contributed by atoms with E-state index in [0.29, 0.717) is 19.1 Å². The third kappa shape index (κ3) is 2.81. The molecule has 1 aromatic heterocycles. The van der Waals surface area contributed by atoms with Gasteiger partial charge in [-0.2, -0.15) is 15.0 Å². The van der Waals surface area contributed by atoms with E-state index in [1.165, 1.54) is 7.11 Å². The number of carbonyl (C=O) groups is 1. The lowest BCUT2D eigenvalue weighted by atomic mass is 10.2. The highest BCUT2D eigenvalue weighted by atomic mass is 16.5. The van der Waals surface area contributed by atoms with E-state index >= 15 is 0 Å². The maximum absolute atomic E-state index is 11.8. The van der Waals surface area contributed by atoms with Crippen molar-refractivity contribution >= 4 is 17.8 Å². The number of hydrogen-bond donors (Lipinski definition) is 2. The number of likely N-dealkylation sites (N-methyl/N-ethyl adjacent to an activating group) is 1. The van der Waals surface area contributed by atoms with Crippen molar-refractivity contribution in [1.29, 1.82) is 0 Å². The van der Waals surface area contributed by atoms with Gasteiger partial charge in [-0.1, -0.05) is 0 Å². The molecule has 9 nitrogen and oxygen atoms in total. The molecule has 0 aromatic carbocycles. The highest BCUT2D eigenvalue weighted by Gasteiger charge is 2.31. The number of anilines is 2. The van der Waals surface area contributed by atoms with E-state index in [9.17, 15) is 4.79 Å². The maximum atomic E-state index is 11.8. The summed E-state index contributed by atoms with van der Waals surface area (Å²) < 4.78 is 10.3. The monoisotopic (exact) mass is 268 g/mol. The van der Waals surface area contributed by atoms with Gasteiger partial charge in [0.05, 0.1) is 20.3 Å². The number of ether oxygens (including phenoxy) is 2. The van der Waals surface area contributed by atoms with Crippen molar-refractivity contribution in [3.05, 3.63) is 0 Å². The molecule has 19 heavy (non-hydrogen) atoms. The fraction of sp³-hybridized carbons (Fsp3) is 0.600. The molecule has 1 aliphatic heterocycles. The number of carbonyl (C=O) groups excluding carboxylic acids is 1. The Morgan fingerprint density at radius 3 is 3.00 bits per heavy atom. The van der Waals surface area contributed by atoms with E-state index in [-0.39, 0.29) is 24.5 Å². The molecule has 0 bridgehead atoms. The van der Waals surface area contributed by atoms with Gasteiger partial charge in [0.2, 0.25) is 17.8 Å². The van der Waals surface area contributed by atoms with Crippen LogP contribution in [0.2, 0.25) is 0 Å². The number of nitrogen functional groups attached to an aromatic ring is 1. The molecule has 2 heterocycles. The number of hydrogen-bond acceptors (Lipinski definition) is 8. The molecule has 0 spiro atoms. The largest absolute Gasteiger partial charge is 0.467 e. The molecule has 0 saturated carbocycles. The van der Waals surface area contributed by atoms with Crippen molar-refractivity contribution in [3.63, 3.8) is 0 Å². The molecular formula is C10H16N6O3. The van der Waals surface area contributed by atoms with Crippen molar-refractivity contribution in [1.82, 2.24) is 20.3 Å². The zero-order valence-corrected chi connectivity index (χ0v) is 10.8.